The van der Waals surface area contributed by atoms with E-state index in [1.807, 2.05) is 0 Å². The zero-order valence-electron chi connectivity index (χ0n) is 26.8. The van der Waals surface area contributed by atoms with Crippen LogP contribution in [0.3, 0.4) is 0 Å². The fourth-order valence-corrected chi connectivity index (χ4v) is 8.20. The molecule has 1 aliphatic heterocycles. The molecule has 10 rings (SSSR count). The average molecular weight is 626 g/mol. The largest absolute Gasteiger partial charge is 0.457 e. The van der Waals surface area contributed by atoms with Gasteiger partial charge >= 0.3 is 0 Å². The van der Waals surface area contributed by atoms with E-state index in [2.05, 4.69) is 193 Å². The van der Waals surface area contributed by atoms with Crippen molar-refractivity contribution in [3.63, 3.8) is 0 Å². The fraction of sp³-hybridized carbons (Fsp3) is 0.0213. The first-order chi connectivity index (χ1) is 24.3. The van der Waals surface area contributed by atoms with Gasteiger partial charge in [0.05, 0.1) is 16.4 Å². The van der Waals surface area contributed by atoms with Crippen LogP contribution in [0.25, 0.3) is 49.4 Å². The molecule has 0 saturated heterocycles. The molecule has 0 atom stereocenters. The monoisotopic (exact) mass is 625 g/mol. The standard InChI is InChI=1S/C47H31NO/c1-4-17-35(18-5-1)47(36-19-6-2-7-20-36)41-25-12-13-26-44(41)49-45-28-27-34(30-42(45)47)38-23-14-24-39-40-29-32-15-10-11-16-33(32)31-43(40)48(46(38)39)37-21-8-3-9-22-37/h1-31H. The zero-order chi connectivity index (χ0) is 32.4. The molecule has 1 aliphatic rings. The minimum Gasteiger partial charge on any atom is -0.457 e. The molecule has 0 spiro atoms. The molecule has 0 amide bonds. The second-order valence-electron chi connectivity index (χ2n) is 12.9. The molecule has 2 nitrogen and oxygen atoms in total. The number of hydrogen-bond donors (Lipinski definition) is 0. The normalized spacial score (nSPS) is 13.2. The van der Waals surface area contributed by atoms with Gasteiger partial charge in [0, 0.05) is 33.2 Å². The molecular weight excluding hydrogens is 595 g/mol. The molecule has 49 heavy (non-hydrogen) atoms. The van der Waals surface area contributed by atoms with E-state index in [4.69, 9.17) is 4.74 Å². The van der Waals surface area contributed by atoms with E-state index < -0.39 is 5.41 Å². The minimum absolute atomic E-state index is 0.583. The van der Waals surface area contributed by atoms with Crippen molar-refractivity contribution in [2.45, 2.75) is 5.41 Å². The molecule has 0 unspecified atom stereocenters. The predicted octanol–water partition coefficient (Wildman–Crippen LogP) is 12.1. The Morgan fingerprint density at radius 3 is 1.78 bits per heavy atom. The number of ether oxygens (including phenoxy) is 1. The molecular formula is C47H31NO. The average Bonchev–Trinajstić information content (AvgIpc) is 3.50. The first-order valence-electron chi connectivity index (χ1n) is 16.9. The van der Waals surface area contributed by atoms with Crippen LogP contribution in [0.2, 0.25) is 0 Å². The van der Waals surface area contributed by atoms with Crippen molar-refractivity contribution in [1.29, 1.82) is 0 Å². The van der Waals surface area contributed by atoms with E-state index >= 15 is 0 Å². The topological polar surface area (TPSA) is 14.2 Å². The lowest BCUT2D eigenvalue weighted by Gasteiger charge is -2.41. The molecule has 8 aromatic carbocycles. The van der Waals surface area contributed by atoms with E-state index in [0.717, 1.165) is 33.9 Å². The van der Waals surface area contributed by atoms with Gasteiger partial charge in [0.15, 0.2) is 0 Å². The van der Waals surface area contributed by atoms with Crippen LogP contribution >= 0.6 is 0 Å². The molecule has 2 heteroatoms. The van der Waals surface area contributed by atoms with Gasteiger partial charge in [-0.15, -0.1) is 0 Å². The summed E-state index contributed by atoms with van der Waals surface area (Å²) in [6.07, 6.45) is 0. The number of rotatable bonds is 4. The molecule has 2 heterocycles. The van der Waals surface area contributed by atoms with Gasteiger partial charge < -0.3 is 9.30 Å². The molecule has 0 bridgehead atoms. The smallest absolute Gasteiger partial charge is 0.132 e. The van der Waals surface area contributed by atoms with Crippen molar-refractivity contribution in [2.24, 2.45) is 0 Å². The van der Waals surface area contributed by atoms with Gasteiger partial charge in [-0.2, -0.15) is 0 Å². The molecule has 230 valence electrons. The lowest BCUT2D eigenvalue weighted by Crippen LogP contribution is -2.34. The van der Waals surface area contributed by atoms with Gasteiger partial charge in [-0.05, 0) is 69.9 Å². The summed E-state index contributed by atoms with van der Waals surface area (Å²) in [6, 6.07) is 67.9. The third kappa shape index (κ3) is 4.07. The highest BCUT2D eigenvalue weighted by atomic mass is 16.5. The van der Waals surface area contributed by atoms with E-state index in [0.29, 0.717) is 0 Å². The number of nitrogens with zero attached hydrogens (tertiary/aromatic N) is 1. The van der Waals surface area contributed by atoms with Gasteiger partial charge in [-0.25, -0.2) is 0 Å². The SMILES string of the molecule is c1ccc(-n2c3cc4ccccc4cc3c3cccc(-c4ccc5c(c4)C(c4ccccc4)(c4ccccc4)c4ccccc4O5)c32)cc1. The Labute approximate surface area is 285 Å². The lowest BCUT2D eigenvalue weighted by molar-refractivity contribution is 0.434. The predicted molar refractivity (Wildman–Crippen MR) is 202 cm³/mol. The zero-order valence-corrected chi connectivity index (χ0v) is 26.8. The maximum absolute atomic E-state index is 6.73. The first-order valence-corrected chi connectivity index (χ1v) is 16.9. The lowest BCUT2D eigenvalue weighted by atomic mass is 9.63. The van der Waals surface area contributed by atoms with Crippen LogP contribution in [0.1, 0.15) is 22.3 Å². The van der Waals surface area contributed by atoms with Crippen molar-refractivity contribution in [1.82, 2.24) is 4.57 Å². The van der Waals surface area contributed by atoms with E-state index in [-0.39, 0.29) is 0 Å². The summed E-state index contributed by atoms with van der Waals surface area (Å²) in [4.78, 5) is 0. The Kier molecular flexibility index (Phi) is 6.13. The highest BCUT2D eigenvalue weighted by Gasteiger charge is 2.45. The molecule has 1 aromatic heterocycles. The summed E-state index contributed by atoms with van der Waals surface area (Å²) < 4.78 is 9.18. The Morgan fingerprint density at radius 1 is 0.429 bits per heavy atom. The van der Waals surface area contributed by atoms with Gasteiger partial charge in [-0.3, -0.25) is 0 Å². The highest BCUT2D eigenvalue weighted by molar-refractivity contribution is 6.17. The molecule has 9 aromatic rings. The Hall–Kier alpha value is -6.38. The highest BCUT2D eigenvalue weighted by Crippen LogP contribution is 2.56. The third-order valence-corrected chi connectivity index (χ3v) is 10.3. The van der Waals surface area contributed by atoms with Crippen molar-refractivity contribution in [2.75, 3.05) is 0 Å². The van der Waals surface area contributed by atoms with Gasteiger partial charge in [0.2, 0.25) is 0 Å². The van der Waals surface area contributed by atoms with E-state index in [1.54, 1.807) is 0 Å². The van der Waals surface area contributed by atoms with Crippen LogP contribution in [0, 0.1) is 0 Å². The van der Waals surface area contributed by atoms with Gasteiger partial charge in [0.25, 0.3) is 0 Å². The summed E-state index contributed by atoms with van der Waals surface area (Å²) in [7, 11) is 0. The fourth-order valence-electron chi connectivity index (χ4n) is 8.20. The second kappa shape index (κ2) is 10.8. The first kappa shape index (κ1) is 27.7. The molecule has 0 aliphatic carbocycles. The van der Waals surface area contributed by atoms with Crippen molar-refractivity contribution in [3.8, 4) is 28.3 Å². The summed E-state index contributed by atoms with van der Waals surface area (Å²) >= 11 is 0. The van der Waals surface area contributed by atoms with Crippen LogP contribution in [0.4, 0.5) is 0 Å². The van der Waals surface area contributed by atoms with Crippen molar-refractivity contribution < 1.29 is 4.74 Å². The van der Waals surface area contributed by atoms with Crippen LogP contribution in [0.15, 0.2) is 188 Å². The van der Waals surface area contributed by atoms with Crippen molar-refractivity contribution in [3.05, 3.63) is 210 Å². The Morgan fingerprint density at radius 2 is 1.04 bits per heavy atom. The van der Waals surface area contributed by atoms with Crippen LogP contribution < -0.4 is 4.74 Å². The van der Waals surface area contributed by atoms with E-state index in [1.165, 1.54) is 49.3 Å². The number of benzene rings is 8. The van der Waals surface area contributed by atoms with E-state index in [9.17, 15) is 0 Å². The number of fused-ring (bicyclic) bond motifs is 6. The van der Waals surface area contributed by atoms with Crippen LogP contribution in [-0.2, 0) is 5.41 Å². The summed E-state index contributed by atoms with van der Waals surface area (Å²) in [5, 5.41) is 4.96. The van der Waals surface area contributed by atoms with Crippen LogP contribution in [-0.4, -0.2) is 4.57 Å². The summed E-state index contributed by atoms with van der Waals surface area (Å²) in [5.74, 6) is 1.76. The third-order valence-electron chi connectivity index (χ3n) is 10.3. The molecule has 0 radical (unpaired) electrons. The summed E-state index contributed by atoms with van der Waals surface area (Å²) in [5.41, 5.74) is 9.96. The second-order valence-corrected chi connectivity index (χ2v) is 12.9. The van der Waals surface area contributed by atoms with Gasteiger partial charge in [-0.1, -0.05) is 146 Å². The number of aromatic nitrogens is 1. The molecule has 0 saturated carbocycles. The maximum Gasteiger partial charge on any atom is 0.132 e. The Balaban J connectivity index is 1.31. The molecule has 0 N–H and O–H groups in total. The number of para-hydroxylation sites is 3. The quantitative estimate of drug-likeness (QED) is 0.190. The Bertz CT molecular complexity index is 2630. The van der Waals surface area contributed by atoms with Crippen LogP contribution in [0.5, 0.6) is 11.5 Å². The maximum atomic E-state index is 6.73. The van der Waals surface area contributed by atoms with Crippen molar-refractivity contribution >= 4 is 32.6 Å². The summed E-state index contributed by atoms with van der Waals surface area (Å²) in [6.45, 7) is 0. The molecule has 0 fully saturated rings. The van der Waals surface area contributed by atoms with Gasteiger partial charge in [0.1, 0.15) is 11.5 Å². The number of hydrogen-bond acceptors (Lipinski definition) is 1. The minimum atomic E-state index is -0.583.